The van der Waals surface area contributed by atoms with E-state index >= 15 is 0 Å². The Hall–Kier alpha value is -1.81. The molecule has 0 aliphatic rings. The highest BCUT2D eigenvalue weighted by Crippen LogP contribution is 2.10. The van der Waals surface area contributed by atoms with Crippen LogP contribution in [0.25, 0.3) is 0 Å². The van der Waals surface area contributed by atoms with Gasteiger partial charge in [0.2, 0.25) is 0 Å². The van der Waals surface area contributed by atoms with Crippen molar-refractivity contribution < 1.29 is 5.11 Å². The van der Waals surface area contributed by atoms with Crippen LogP contribution in [-0.2, 0) is 20.0 Å². The van der Waals surface area contributed by atoms with Crippen LogP contribution in [-0.4, -0.2) is 21.4 Å². The molecule has 0 radical (unpaired) electrons. The minimum atomic E-state index is 0.314. The van der Waals surface area contributed by atoms with E-state index in [0.29, 0.717) is 5.75 Å². The quantitative estimate of drug-likeness (QED) is 0.766. The molecular formula is C13H17N3O. The molecule has 0 aliphatic heterocycles. The molecule has 0 saturated heterocycles. The van der Waals surface area contributed by atoms with Crippen LogP contribution in [0.1, 0.15) is 11.3 Å². The second-order valence-corrected chi connectivity index (χ2v) is 4.08. The average molecular weight is 231 g/mol. The lowest BCUT2D eigenvalue weighted by atomic mass is 10.2. The van der Waals surface area contributed by atoms with Crippen LogP contribution in [0.4, 0.5) is 0 Å². The third-order valence-electron chi connectivity index (χ3n) is 2.57. The van der Waals surface area contributed by atoms with Crippen LogP contribution in [0.15, 0.2) is 36.5 Å². The van der Waals surface area contributed by atoms with Gasteiger partial charge in [-0.15, -0.1) is 0 Å². The van der Waals surface area contributed by atoms with Gasteiger partial charge in [-0.1, -0.05) is 12.1 Å². The fourth-order valence-electron chi connectivity index (χ4n) is 1.71. The van der Waals surface area contributed by atoms with E-state index in [4.69, 9.17) is 0 Å². The number of benzene rings is 1. The summed E-state index contributed by atoms with van der Waals surface area (Å²) in [6.07, 6.45) is 2.87. The minimum absolute atomic E-state index is 0.314. The Morgan fingerprint density at radius 3 is 2.94 bits per heavy atom. The van der Waals surface area contributed by atoms with E-state index in [1.54, 1.807) is 12.1 Å². The first kappa shape index (κ1) is 11.7. The molecule has 17 heavy (non-hydrogen) atoms. The number of hydrogen-bond donors (Lipinski definition) is 2. The molecule has 4 nitrogen and oxygen atoms in total. The van der Waals surface area contributed by atoms with Gasteiger partial charge in [-0.25, -0.2) is 0 Å². The standard InChI is InChI=1S/C13H17N3O/c1-16-8-6-12(15-16)5-7-14-10-11-3-2-4-13(17)9-11/h2-4,6,8-9,14,17H,5,7,10H2,1H3. The molecule has 90 valence electrons. The van der Waals surface area contributed by atoms with Crippen LogP contribution in [0.3, 0.4) is 0 Å². The maximum absolute atomic E-state index is 9.31. The van der Waals surface area contributed by atoms with Crippen molar-refractivity contribution in [3.8, 4) is 5.75 Å². The van der Waals surface area contributed by atoms with Crippen molar-refractivity contribution >= 4 is 0 Å². The number of nitrogens with zero attached hydrogens (tertiary/aromatic N) is 2. The van der Waals surface area contributed by atoms with E-state index in [9.17, 15) is 5.11 Å². The largest absolute Gasteiger partial charge is 0.508 e. The van der Waals surface area contributed by atoms with E-state index in [1.165, 1.54) is 0 Å². The Morgan fingerprint density at radius 1 is 1.35 bits per heavy atom. The van der Waals surface area contributed by atoms with Gasteiger partial charge in [0.15, 0.2) is 0 Å². The molecule has 2 rings (SSSR count). The zero-order valence-corrected chi connectivity index (χ0v) is 9.93. The first-order valence-corrected chi connectivity index (χ1v) is 5.71. The summed E-state index contributed by atoms with van der Waals surface area (Å²) in [5.74, 6) is 0.314. The molecule has 0 aliphatic carbocycles. The number of aryl methyl sites for hydroxylation is 1. The van der Waals surface area contributed by atoms with Gasteiger partial charge in [0.05, 0.1) is 5.69 Å². The Labute approximate surface area is 101 Å². The van der Waals surface area contributed by atoms with Crippen LogP contribution in [0.5, 0.6) is 5.75 Å². The highest BCUT2D eigenvalue weighted by molar-refractivity contribution is 5.26. The molecular weight excluding hydrogens is 214 g/mol. The molecule has 1 aromatic heterocycles. The second kappa shape index (κ2) is 5.50. The fourth-order valence-corrected chi connectivity index (χ4v) is 1.71. The summed E-state index contributed by atoms with van der Waals surface area (Å²) < 4.78 is 1.81. The highest BCUT2D eigenvalue weighted by Gasteiger charge is 1.97. The van der Waals surface area contributed by atoms with Gasteiger partial charge in [-0.05, 0) is 23.8 Å². The van der Waals surface area contributed by atoms with Crippen LogP contribution in [0, 0.1) is 0 Å². The van der Waals surface area contributed by atoms with Gasteiger partial charge in [0, 0.05) is 32.8 Å². The van der Waals surface area contributed by atoms with Crippen LogP contribution >= 0.6 is 0 Å². The summed E-state index contributed by atoms with van der Waals surface area (Å²) in [5.41, 5.74) is 2.18. The first-order valence-electron chi connectivity index (χ1n) is 5.71. The number of aromatic hydroxyl groups is 1. The highest BCUT2D eigenvalue weighted by atomic mass is 16.3. The molecule has 0 saturated carbocycles. The average Bonchev–Trinajstić information content (AvgIpc) is 2.71. The van der Waals surface area contributed by atoms with Crippen molar-refractivity contribution in [3.63, 3.8) is 0 Å². The molecule has 1 aromatic carbocycles. The predicted molar refractivity (Wildman–Crippen MR) is 66.7 cm³/mol. The molecule has 0 fully saturated rings. The second-order valence-electron chi connectivity index (χ2n) is 4.08. The van der Waals surface area contributed by atoms with Crippen molar-refractivity contribution in [1.29, 1.82) is 0 Å². The number of nitrogens with one attached hydrogen (secondary N) is 1. The van der Waals surface area contributed by atoms with Crippen LogP contribution in [0.2, 0.25) is 0 Å². The molecule has 0 bridgehead atoms. The molecule has 1 heterocycles. The van der Waals surface area contributed by atoms with Crippen molar-refractivity contribution in [1.82, 2.24) is 15.1 Å². The first-order chi connectivity index (χ1) is 8.24. The van der Waals surface area contributed by atoms with Crippen molar-refractivity contribution in [2.45, 2.75) is 13.0 Å². The SMILES string of the molecule is Cn1ccc(CCNCc2cccc(O)c2)n1. The summed E-state index contributed by atoms with van der Waals surface area (Å²) in [4.78, 5) is 0. The molecule has 0 atom stereocenters. The monoisotopic (exact) mass is 231 g/mol. The predicted octanol–water partition coefficient (Wildman–Crippen LogP) is 1.46. The Morgan fingerprint density at radius 2 is 2.24 bits per heavy atom. The molecule has 2 N–H and O–H groups in total. The summed E-state index contributed by atoms with van der Waals surface area (Å²) >= 11 is 0. The topological polar surface area (TPSA) is 50.1 Å². The van der Waals surface area contributed by atoms with E-state index in [-0.39, 0.29) is 0 Å². The fraction of sp³-hybridized carbons (Fsp3) is 0.308. The lowest BCUT2D eigenvalue weighted by molar-refractivity contribution is 0.474. The smallest absolute Gasteiger partial charge is 0.115 e. The molecule has 0 spiro atoms. The van der Waals surface area contributed by atoms with Gasteiger partial charge in [0.25, 0.3) is 0 Å². The van der Waals surface area contributed by atoms with Gasteiger partial charge < -0.3 is 10.4 Å². The number of aromatic nitrogens is 2. The third-order valence-corrected chi connectivity index (χ3v) is 2.57. The summed E-state index contributed by atoms with van der Waals surface area (Å²) in [6, 6.07) is 9.32. The van der Waals surface area contributed by atoms with Crippen molar-refractivity contribution in [2.75, 3.05) is 6.54 Å². The van der Waals surface area contributed by atoms with E-state index in [1.807, 2.05) is 36.1 Å². The van der Waals surface area contributed by atoms with E-state index in [0.717, 1.165) is 30.8 Å². The van der Waals surface area contributed by atoms with Crippen LogP contribution < -0.4 is 5.32 Å². The zero-order chi connectivity index (χ0) is 12.1. The number of hydrogen-bond acceptors (Lipinski definition) is 3. The summed E-state index contributed by atoms with van der Waals surface area (Å²) in [5, 5.41) is 16.9. The lowest BCUT2D eigenvalue weighted by Gasteiger charge is -2.04. The van der Waals surface area contributed by atoms with Crippen molar-refractivity contribution in [3.05, 3.63) is 47.8 Å². The van der Waals surface area contributed by atoms with Gasteiger partial charge in [-0.3, -0.25) is 4.68 Å². The maximum Gasteiger partial charge on any atom is 0.115 e. The van der Waals surface area contributed by atoms with E-state index < -0.39 is 0 Å². The Kier molecular flexibility index (Phi) is 3.77. The molecule has 0 amide bonds. The number of phenolic OH excluding ortho intramolecular Hbond substituents is 1. The molecule has 4 heteroatoms. The number of rotatable bonds is 5. The summed E-state index contributed by atoms with van der Waals surface area (Å²) in [6.45, 7) is 1.65. The van der Waals surface area contributed by atoms with Crippen molar-refractivity contribution in [2.24, 2.45) is 7.05 Å². The minimum Gasteiger partial charge on any atom is -0.508 e. The maximum atomic E-state index is 9.31. The third kappa shape index (κ3) is 3.60. The lowest BCUT2D eigenvalue weighted by Crippen LogP contribution is -2.16. The van der Waals surface area contributed by atoms with E-state index in [2.05, 4.69) is 10.4 Å². The van der Waals surface area contributed by atoms with Gasteiger partial charge >= 0.3 is 0 Å². The zero-order valence-electron chi connectivity index (χ0n) is 9.93. The van der Waals surface area contributed by atoms with Gasteiger partial charge in [-0.2, -0.15) is 5.10 Å². The normalized spacial score (nSPS) is 10.6. The van der Waals surface area contributed by atoms with Gasteiger partial charge in [0.1, 0.15) is 5.75 Å². The molecule has 0 unspecified atom stereocenters. The Bertz CT molecular complexity index is 479. The Balaban J connectivity index is 1.73. The molecule has 2 aromatic rings. The summed E-state index contributed by atoms with van der Waals surface area (Å²) in [7, 11) is 1.92. The number of phenols is 1.